The summed E-state index contributed by atoms with van der Waals surface area (Å²) >= 11 is 1.46. The summed E-state index contributed by atoms with van der Waals surface area (Å²) in [5.41, 5.74) is 3.55. The van der Waals surface area contributed by atoms with E-state index in [2.05, 4.69) is 35.1 Å². The molecule has 1 atom stereocenters. The number of hydrogen-bond donors (Lipinski definition) is 1. The molecule has 7 heteroatoms. The van der Waals surface area contributed by atoms with Crippen LogP contribution >= 0.6 is 11.8 Å². The van der Waals surface area contributed by atoms with Gasteiger partial charge in [0.2, 0.25) is 5.91 Å². The summed E-state index contributed by atoms with van der Waals surface area (Å²) in [5, 5.41) is 3.73. The van der Waals surface area contributed by atoms with Crippen LogP contribution in [0.25, 0.3) is 0 Å². The third-order valence-electron chi connectivity index (χ3n) is 4.97. The highest BCUT2D eigenvalue weighted by Crippen LogP contribution is 2.27. The van der Waals surface area contributed by atoms with E-state index in [0.29, 0.717) is 23.0 Å². The topological polar surface area (TPSA) is 67.2 Å². The molecule has 0 fully saturated rings. The summed E-state index contributed by atoms with van der Waals surface area (Å²) in [6, 6.07) is 6.10. The molecular weight excluding hydrogens is 360 g/mol. The van der Waals surface area contributed by atoms with Gasteiger partial charge in [0.25, 0.3) is 5.56 Å². The summed E-state index contributed by atoms with van der Waals surface area (Å²) in [5.74, 6) is 0.309. The van der Waals surface area contributed by atoms with Crippen molar-refractivity contribution in [1.82, 2.24) is 9.55 Å². The Bertz CT molecular complexity index is 905. The van der Waals surface area contributed by atoms with Crippen LogP contribution in [0, 0.1) is 19.8 Å². The third-order valence-corrected chi connectivity index (χ3v) is 6.12. The average Bonchev–Trinajstić information content (AvgIpc) is 2.67. The van der Waals surface area contributed by atoms with Crippen molar-refractivity contribution in [2.45, 2.75) is 39.4 Å². The Kier molecular flexibility index (Phi) is 5.89. The van der Waals surface area contributed by atoms with Crippen molar-refractivity contribution in [2.75, 3.05) is 29.1 Å². The lowest BCUT2D eigenvalue weighted by Gasteiger charge is -2.25. The molecule has 1 aliphatic rings. The molecule has 144 valence electrons. The fraction of sp³-hybridized carbons (Fsp3) is 0.450. The van der Waals surface area contributed by atoms with Crippen LogP contribution in [-0.4, -0.2) is 34.3 Å². The predicted octanol–water partition coefficient (Wildman–Crippen LogP) is 3.07. The average molecular weight is 387 g/mol. The molecule has 1 N–H and O–H groups in total. The number of nitrogens with zero attached hydrogens (tertiary/aromatic N) is 3. The van der Waals surface area contributed by atoms with E-state index < -0.39 is 0 Å². The number of fused-ring (bicyclic) bond motifs is 1. The zero-order chi connectivity index (χ0) is 19.6. The van der Waals surface area contributed by atoms with Crippen molar-refractivity contribution >= 4 is 29.0 Å². The number of aryl methyl sites for hydroxylation is 2. The lowest BCUT2D eigenvalue weighted by atomic mass is 10.1. The lowest BCUT2D eigenvalue weighted by Crippen LogP contribution is -2.37. The number of amides is 1. The minimum absolute atomic E-state index is 0.0553. The number of carbonyl (C=O) groups excluding carboxylic acids is 1. The Hall–Kier alpha value is -2.28. The molecule has 1 aromatic heterocycles. The van der Waals surface area contributed by atoms with E-state index in [4.69, 9.17) is 0 Å². The molecule has 27 heavy (non-hydrogen) atoms. The van der Waals surface area contributed by atoms with Gasteiger partial charge in [-0.2, -0.15) is 0 Å². The van der Waals surface area contributed by atoms with Gasteiger partial charge in [-0.3, -0.25) is 14.2 Å². The molecule has 0 saturated carbocycles. The van der Waals surface area contributed by atoms with Crippen molar-refractivity contribution in [3.05, 3.63) is 45.9 Å². The van der Waals surface area contributed by atoms with Crippen LogP contribution in [0.3, 0.4) is 0 Å². The molecule has 1 aromatic carbocycles. The monoisotopic (exact) mass is 386 g/mol. The van der Waals surface area contributed by atoms with Crippen molar-refractivity contribution in [2.24, 2.45) is 5.92 Å². The van der Waals surface area contributed by atoms with Crippen LogP contribution in [0.15, 0.2) is 34.3 Å². The van der Waals surface area contributed by atoms with E-state index in [9.17, 15) is 9.59 Å². The summed E-state index contributed by atoms with van der Waals surface area (Å²) < 4.78 is 1.62. The smallest absolute Gasteiger partial charge is 0.257 e. The van der Waals surface area contributed by atoms with E-state index in [1.165, 1.54) is 11.8 Å². The fourth-order valence-corrected chi connectivity index (χ4v) is 4.32. The molecule has 1 unspecified atom stereocenters. The van der Waals surface area contributed by atoms with E-state index in [1.807, 2.05) is 19.1 Å². The normalized spacial score (nSPS) is 15.9. The quantitative estimate of drug-likeness (QED) is 0.800. The van der Waals surface area contributed by atoms with E-state index in [-0.39, 0.29) is 17.4 Å². The van der Waals surface area contributed by atoms with Gasteiger partial charge in [0, 0.05) is 48.5 Å². The molecule has 0 bridgehead atoms. The highest BCUT2D eigenvalue weighted by molar-refractivity contribution is 7.99. The second-order valence-electron chi connectivity index (χ2n) is 6.81. The minimum atomic E-state index is -0.259. The Morgan fingerprint density at radius 3 is 2.70 bits per heavy atom. The molecule has 1 amide bonds. The molecule has 0 radical (unpaired) electrons. The SMILES string of the molecule is CCN(CC)c1ccc(NC(=O)C2CSc3ncc(C)c(=O)n3C2)c(C)c1. The van der Waals surface area contributed by atoms with Gasteiger partial charge >= 0.3 is 0 Å². The number of anilines is 2. The van der Waals surface area contributed by atoms with Crippen LogP contribution in [0.1, 0.15) is 25.0 Å². The molecule has 3 rings (SSSR count). The molecule has 0 aliphatic carbocycles. The number of benzene rings is 1. The van der Waals surface area contributed by atoms with Crippen molar-refractivity contribution < 1.29 is 4.79 Å². The number of nitrogens with one attached hydrogen (secondary N) is 1. The van der Waals surface area contributed by atoms with Gasteiger partial charge in [-0.15, -0.1) is 0 Å². The maximum Gasteiger partial charge on any atom is 0.257 e. The highest BCUT2D eigenvalue weighted by atomic mass is 32.2. The highest BCUT2D eigenvalue weighted by Gasteiger charge is 2.27. The predicted molar refractivity (Wildman–Crippen MR) is 111 cm³/mol. The first kappa shape index (κ1) is 19.5. The number of aromatic nitrogens is 2. The molecule has 0 spiro atoms. The van der Waals surface area contributed by atoms with Gasteiger partial charge in [0.1, 0.15) is 0 Å². The molecule has 2 aromatic rings. The first-order valence-electron chi connectivity index (χ1n) is 9.30. The van der Waals surface area contributed by atoms with Crippen LogP contribution < -0.4 is 15.8 Å². The summed E-state index contributed by atoms with van der Waals surface area (Å²) in [7, 11) is 0. The molecular formula is C20H26N4O2S. The number of carbonyl (C=O) groups is 1. The Morgan fingerprint density at radius 2 is 2.04 bits per heavy atom. The minimum Gasteiger partial charge on any atom is -0.372 e. The van der Waals surface area contributed by atoms with Crippen LogP contribution in [0.5, 0.6) is 0 Å². The Balaban J connectivity index is 1.74. The largest absolute Gasteiger partial charge is 0.372 e. The summed E-state index contributed by atoms with van der Waals surface area (Å²) in [6.45, 7) is 10.3. The van der Waals surface area contributed by atoms with Gasteiger partial charge in [-0.25, -0.2) is 4.98 Å². The van der Waals surface area contributed by atoms with Crippen LogP contribution in [-0.2, 0) is 11.3 Å². The van der Waals surface area contributed by atoms with Crippen LogP contribution in [0.2, 0.25) is 0 Å². The van der Waals surface area contributed by atoms with E-state index in [0.717, 1.165) is 30.0 Å². The zero-order valence-electron chi connectivity index (χ0n) is 16.3. The Labute approximate surface area is 164 Å². The third kappa shape index (κ3) is 4.03. The molecule has 6 nitrogen and oxygen atoms in total. The van der Waals surface area contributed by atoms with Crippen molar-refractivity contribution in [1.29, 1.82) is 0 Å². The van der Waals surface area contributed by atoms with E-state index >= 15 is 0 Å². The molecule has 2 heterocycles. The first-order chi connectivity index (χ1) is 12.9. The second kappa shape index (κ2) is 8.17. The summed E-state index contributed by atoms with van der Waals surface area (Å²) in [4.78, 5) is 31.7. The van der Waals surface area contributed by atoms with Crippen LogP contribution in [0.4, 0.5) is 11.4 Å². The Morgan fingerprint density at radius 1 is 1.30 bits per heavy atom. The number of rotatable bonds is 5. The maximum atomic E-state index is 12.8. The maximum absolute atomic E-state index is 12.8. The molecule has 0 saturated heterocycles. The standard InChI is InChI=1S/C20H26N4O2S/c1-5-23(6-2)16-7-8-17(13(3)9-16)22-18(25)15-11-24-19(26)14(4)10-21-20(24)27-12-15/h7-10,15H,5-6,11-12H2,1-4H3,(H,22,25). The van der Waals surface area contributed by atoms with Gasteiger partial charge in [0.15, 0.2) is 5.16 Å². The molecule has 1 aliphatic heterocycles. The fourth-order valence-electron chi connectivity index (χ4n) is 3.27. The van der Waals surface area contributed by atoms with Crippen molar-refractivity contribution in [3.63, 3.8) is 0 Å². The van der Waals surface area contributed by atoms with E-state index in [1.54, 1.807) is 17.7 Å². The first-order valence-corrected chi connectivity index (χ1v) is 10.3. The van der Waals surface area contributed by atoms with Gasteiger partial charge in [-0.1, -0.05) is 11.8 Å². The number of thioether (sulfide) groups is 1. The zero-order valence-corrected chi connectivity index (χ0v) is 17.1. The lowest BCUT2D eigenvalue weighted by molar-refractivity contribution is -0.119. The second-order valence-corrected chi connectivity index (χ2v) is 7.80. The van der Waals surface area contributed by atoms with Gasteiger partial charge in [-0.05, 0) is 51.5 Å². The summed E-state index contributed by atoms with van der Waals surface area (Å²) in [6.07, 6.45) is 1.60. The van der Waals surface area contributed by atoms with Crippen molar-refractivity contribution in [3.8, 4) is 0 Å². The van der Waals surface area contributed by atoms with Gasteiger partial charge < -0.3 is 10.2 Å². The number of hydrogen-bond acceptors (Lipinski definition) is 5. The van der Waals surface area contributed by atoms with Gasteiger partial charge in [0.05, 0.1) is 5.92 Å².